The maximum absolute atomic E-state index is 12.8. The van der Waals surface area contributed by atoms with Crippen LogP contribution in [0.1, 0.15) is 25.3 Å². The number of nitrogens with zero attached hydrogens (tertiary/aromatic N) is 3. The minimum Gasteiger partial charge on any atom is -0.466 e. The molecule has 2 amide bonds. The molecule has 1 saturated heterocycles. The van der Waals surface area contributed by atoms with Crippen molar-refractivity contribution in [3.8, 4) is 0 Å². The smallest absolute Gasteiger partial charge is 0.328 e. The first-order valence-corrected chi connectivity index (χ1v) is 11.6. The van der Waals surface area contributed by atoms with Crippen LogP contribution in [-0.2, 0) is 30.2 Å². The van der Waals surface area contributed by atoms with Gasteiger partial charge >= 0.3 is 17.7 Å². The van der Waals surface area contributed by atoms with Gasteiger partial charge in [-0.1, -0.05) is 30.3 Å². The maximum Gasteiger partial charge on any atom is 0.328 e. The van der Waals surface area contributed by atoms with Gasteiger partial charge in [0.05, 0.1) is 34.9 Å². The minimum absolute atomic E-state index is 0.119. The number of fused-ring (bicyclic) bond motifs is 1. The third kappa shape index (κ3) is 4.78. The molecule has 1 aromatic heterocycles. The zero-order valence-corrected chi connectivity index (χ0v) is 19.8. The third-order valence-electron chi connectivity index (χ3n) is 6.39. The molecule has 1 fully saturated rings. The molecule has 0 atom stereocenters. The molecule has 9 nitrogen and oxygen atoms in total. The molecule has 0 spiro atoms. The number of imidazole rings is 1. The quantitative estimate of drug-likeness (QED) is 0.546. The van der Waals surface area contributed by atoms with Gasteiger partial charge in [0.15, 0.2) is 0 Å². The van der Waals surface area contributed by atoms with Crippen molar-refractivity contribution in [1.29, 1.82) is 0 Å². The molecule has 0 radical (unpaired) electrons. The molecule has 180 valence electrons. The number of hydrogen-bond acceptors (Lipinski definition) is 5. The van der Waals surface area contributed by atoms with E-state index in [2.05, 4.69) is 15.5 Å². The van der Waals surface area contributed by atoms with Crippen molar-refractivity contribution in [2.75, 3.05) is 29.9 Å². The fraction of sp³-hybridized carbons (Fsp3) is 0.400. The van der Waals surface area contributed by atoms with Crippen molar-refractivity contribution in [3.05, 3.63) is 58.5 Å². The van der Waals surface area contributed by atoms with Gasteiger partial charge in [0.2, 0.25) is 0 Å². The summed E-state index contributed by atoms with van der Waals surface area (Å²) in [5.74, 6) is -0.270. The molecule has 1 aliphatic heterocycles. The molecule has 2 aromatic carbocycles. The summed E-state index contributed by atoms with van der Waals surface area (Å²) in [6.45, 7) is 3.89. The normalized spacial score (nSPS) is 14.3. The topological polar surface area (TPSA) is 97.6 Å². The number of anilines is 2. The first-order chi connectivity index (χ1) is 16.4. The Morgan fingerprint density at radius 1 is 1.03 bits per heavy atom. The van der Waals surface area contributed by atoms with Crippen molar-refractivity contribution in [2.24, 2.45) is 20.0 Å². The molecule has 2 N–H and O–H groups in total. The van der Waals surface area contributed by atoms with Crippen molar-refractivity contribution >= 4 is 34.4 Å². The largest absolute Gasteiger partial charge is 0.466 e. The van der Waals surface area contributed by atoms with Crippen molar-refractivity contribution in [3.63, 3.8) is 0 Å². The van der Waals surface area contributed by atoms with Crippen LogP contribution in [0.25, 0.3) is 11.0 Å². The number of aryl methyl sites for hydroxylation is 2. The Bertz CT molecular complexity index is 1240. The Labute approximate surface area is 198 Å². The monoisotopic (exact) mass is 465 g/mol. The van der Waals surface area contributed by atoms with Gasteiger partial charge in [-0.25, -0.2) is 9.59 Å². The second kappa shape index (κ2) is 10.0. The number of rotatable bonds is 6. The van der Waals surface area contributed by atoms with Crippen LogP contribution >= 0.6 is 0 Å². The SMILES string of the molecule is CCOC(=O)C1CCN(c2cc3c(cc2NC(=O)NCc2ccccc2)n(C)c(=O)n3C)CC1. The molecule has 0 unspecified atom stereocenters. The van der Waals surface area contributed by atoms with Crippen LogP contribution in [0.4, 0.5) is 16.2 Å². The summed E-state index contributed by atoms with van der Waals surface area (Å²) >= 11 is 0. The molecule has 0 saturated carbocycles. The summed E-state index contributed by atoms with van der Waals surface area (Å²) in [5, 5.41) is 5.86. The average molecular weight is 466 g/mol. The lowest BCUT2D eigenvalue weighted by Crippen LogP contribution is -2.38. The zero-order chi connectivity index (χ0) is 24.2. The van der Waals surface area contributed by atoms with Gasteiger partial charge in [0.25, 0.3) is 0 Å². The van der Waals surface area contributed by atoms with Gasteiger partial charge in [-0.15, -0.1) is 0 Å². The lowest BCUT2D eigenvalue weighted by Gasteiger charge is -2.34. The highest BCUT2D eigenvalue weighted by molar-refractivity contribution is 5.98. The van der Waals surface area contributed by atoms with Crippen LogP contribution in [-0.4, -0.2) is 40.8 Å². The van der Waals surface area contributed by atoms with Crippen LogP contribution in [0.5, 0.6) is 0 Å². The molecule has 2 heterocycles. The fourth-order valence-corrected chi connectivity index (χ4v) is 4.46. The molecular weight excluding hydrogens is 434 g/mol. The Morgan fingerprint density at radius 2 is 1.68 bits per heavy atom. The molecule has 3 aromatic rings. The van der Waals surface area contributed by atoms with Crippen LogP contribution < -0.4 is 21.2 Å². The van der Waals surface area contributed by atoms with Gasteiger partial charge in [-0.05, 0) is 37.5 Å². The standard InChI is InChI=1S/C25H31N5O4/c1-4-34-23(31)18-10-12-30(13-11-18)20-15-22-21(28(2)25(33)29(22)3)14-19(20)27-24(32)26-16-17-8-6-5-7-9-17/h5-9,14-15,18H,4,10-13,16H2,1-3H3,(H2,26,27,32). The summed E-state index contributed by atoms with van der Waals surface area (Å²) in [7, 11) is 3.45. The number of urea groups is 1. The van der Waals surface area contributed by atoms with Gasteiger partial charge in [-0.3, -0.25) is 13.9 Å². The highest BCUT2D eigenvalue weighted by atomic mass is 16.5. The highest BCUT2D eigenvalue weighted by Crippen LogP contribution is 2.34. The summed E-state index contributed by atoms with van der Waals surface area (Å²) in [4.78, 5) is 39.6. The fourth-order valence-electron chi connectivity index (χ4n) is 4.46. The molecule has 0 aliphatic carbocycles. The number of benzene rings is 2. The van der Waals surface area contributed by atoms with Crippen LogP contribution in [0.3, 0.4) is 0 Å². The Morgan fingerprint density at radius 3 is 2.32 bits per heavy atom. The Kier molecular flexibility index (Phi) is 6.90. The molecule has 0 bridgehead atoms. The Balaban J connectivity index is 1.59. The van der Waals surface area contributed by atoms with E-state index in [1.807, 2.05) is 49.4 Å². The third-order valence-corrected chi connectivity index (χ3v) is 6.39. The summed E-state index contributed by atoms with van der Waals surface area (Å²) in [6.07, 6.45) is 1.34. The van der Waals surface area contributed by atoms with Gasteiger partial charge in [0, 0.05) is 33.7 Å². The van der Waals surface area contributed by atoms with E-state index in [9.17, 15) is 14.4 Å². The predicted octanol–water partition coefficient (Wildman–Crippen LogP) is 2.98. The van der Waals surface area contributed by atoms with Gasteiger partial charge < -0.3 is 20.3 Å². The average Bonchev–Trinajstić information content (AvgIpc) is 3.06. The summed E-state index contributed by atoms with van der Waals surface area (Å²) in [5.41, 5.74) is 3.83. The van der Waals surface area contributed by atoms with E-state index < -0.39 is 0 Å². The summed E-state index contributed by atoms with van der Waals surface area (Å²) < 4.78 is 8.36. The van der Waals surface area contributed by atoms with E-state index >= 15 is 0 Å². The van der Waals surface area contributed by atoms with E-state index in [-0.39, 0.29) is 23.6 Å². The highest BCUT2D eigenvalue weighted by Gasteiger charge is 2.28. The molecule has 9 heteroatoms. The molecule has 4 rings (SSSR count). The number of nitrogens with one attached hydrogen (secondary N) is 2. The lowest BCUT2D eigenvalue weighted by molar-refractivity contribution is -0.148. The molecule has 1 aliphatic rings. The molecule has 34 heavy (non-hydrogen) atoms. The number of aromatic nitrogens is 2. The number of piperidine rings is 1. The van der Waals surface area contributed by atoms with E-state index in [4.69, 9.17) is 4.74 Å². The zero-order valence-electron chi connectivity index (χ0n) is 19.8. The number of hydrogen-bond donors (Lipinski definition) is 2. The second-order valence-electron chi connectivity index (χ2n) is 8.57. The number of amides is 2. The first kappa shape index (κ1) is 23.4. The minimum atomic E-state index is -0.327. The number of ether oxygens (including phenoxy) is 1. The lowest BCUT2D eigenvalue weighted by atomic mass is 9.96. The molecular formula is C25H31N5O4. The van der Waals surface area contributed by atoms with Gasteiger partial charge in [0.1, 0.15) is 0 Å². The summed E-state index contributed by atoms with van der Waals surface area (Å²) in [6, 6.07) is 13.1. The van der Waals surface area contributed by atoms with Crippen LogP contribution in [0.15, 0.2) is 47.3 Å². The van der Waals surface area contributed by atoms with Gasteiger partial charge in [-0.2, -0.15) is 0 Å². The number of carbonyl (C=O) groups is 2. The van der Waals surface area contributed by atoms with E-state index in [0.29, 0.717) is 44.8 Å². The van der Waals surface area contributed by atoms with Crippen molar-refractivity contribution in [2.45, 2.75) is 26.3 Å². The maximum atomic E-state index is 12.8. The number of carbonyl (C=O) groups excluding carboxylic acids is 2. The van der Waals surface area contributed by atoms with Crippen LogP contribution in [0, 0.1) is 5.92 Å². The predicted molar refractivity (Wildman–Crippen MR) is 132 cm³/mol. The van der Waals surface area contributed by atoms with Crippen molar-refractivity contribution in [1.82, 2.24) is 14.5 Å². The second-order valence-corrected chi connectivity index (χ2v) is 8.57. The van der Waals surface area contributed by atoms with Crippen molar-refractivity contribution < 1.29 is 14.3 Å². The van der Waals surface area contributed by atoms with E-state index in [0.717, 1.165) is 22.3 Å². The Hall–Kier alpha value is -3.75. The van der Waals surface area contributed by atoms with E-state index in [1.165, 1.54) is 0 Å². The van der Waals surface area contributed by atoms with Crippen LogP contribution in [0.2, 0.25) is 0 Å². The van der Waals surface area contributed by atoms with E-state index in [1.54, 1.807) is 23.2 Å². The number of esters is 1. The first-order valence-electron chi connectivity index (χ1n) is 11.6.